The molecule has 1 aliphatic carbocycles. The molecule has 41 heavy (non-hydrogen) atoms. The first-order valence-corrected chi connectivity index (χ1v) is 15.2. The number of piperazine rings is 2. The second kappa shape index (κ2) is 11.5. The molecule has 13 heteroatoms. The Morgan fingerprint density at radius 3 is 2.73 bits per heavy atom. The molecule has 5 heterocycles. The van der Waals surface area contributed by atoms with Crippen LogP contribution in [0.1, 0.15) is 48.6 Å². The SMILES string of the molecule is CC(CN1CCN(C)CC1)Oc1nc(-c2noc([C@@]3(C)CCCc4sc(N)c(C#N)c43)n2)cc(N2CCNCC2)n1. The number of hydrogen-bond donors (Lipinski definition) is 2. The molecular formula is C28H38N10O2S. The van der Waals surface area contributed by atoms with E-state index in [2.05, 4.69) is 52.1 Å². The van der Waals surface area contributed by atoms with E-state index < -0.39 is 5.41 Å². The summed E-state index contributed by atoms with van der Waals surface area (Å²) in [5.41, 5.74) is 7.63. The quantitative estimate of drug-likeness (QED) is 0.423. The Morgan fingerprint density at radius 1 is 1.20 bits per heavy atom. The third kappa shape index (κ3) is 5.61. The van der Waals surface area contributed by atoms with Gasteiger partial charge in [-0.3, -0.25) is 4.90 Å². The average Bonchev–Trinajstić information content (AvgIpc) is 3.60. The van der Waals surface area contributed by atoms with Gasteiger partial charge in [0.25, 0.3) is 0 Å². The number of nitrogens with zero attached hydrogens (tertiary/aromatic N) is 8. The fourth-order valence-corrected chi connectivity index (χ4v) is 7.30. The van der Waals surface area contributed by atoms with Crippen LogP contribution in [-0.4, -0.2) is 102 Å². The summed E-state index contributed by atoms with van der Waals surface area (Å²) in [5, 5.41) is 18.2. The van der Waals surface area contributed by atoms with Crippen molar-refractivity contribution in [3.05, 3.63) is 28.0 Å². The number of nitrogens with one attached hydrogen (secondary N) is 1. The van der Waals surface area contributed by atoms with Gasteiger partial charge in [-0.05, 0) is 40.2 Å². The van der Waals surface area contributed by atoms with Gasteiger partial charge in [0.2, 0.25) is 11.7 Å². The van der Waals surface area contributed by atoms with Crippen LogP contribution >= 0.6 is 11.3 Å². The number of ether oxygens (including phenoxy) is 1. The van der Waals surface area contributed by atoms with E-state index >= 15 is 0 Å². The van der Waals surface area contributed by atoms with Crippen LogP contribution in [0.4, 0.5) is 10.8 Å². The Bertz CT molecular complexity index is 1420. The van der Waals surface area contributed by atoms with Crippen LogP contribution in [0.3, 0.4) is 0 Å². The maximum Gasteiger partial charge on any atom is 0.319 e. The Hall–Kier alpha value is -3.31. The number of nitrogens with two attached hydrogens (primary N) is 1. The van der Waals surface area contributed by atoms with Crippen molar-refractivity contribution in [1.29, 1.82) is 5.26 Å². The molecule has 0 aromatic carbocycles. The van der Waals surface area contributed by atoms with Crippen molar-refractivity contribution in [2.24, 2.45) is 0 Å². The van der Waals surface area contributed by atoms with Gasteiger partial charge in [0.15, 0.2) is 0 Å². The first-order valence-electron chi connectivity index (χ1n) is 14.4. The molecular weight excluding hydrogens is 540 g/mol. The molecule has 2 saturated heterocycles. The van der Waals surface area contributed by atoms with Gasteiger partial charge in [0.05, 0.1) is 11.0 Å². The summed E-state index contributed by atoms with van der Waals surface area (Å²) in [4.78, 5) is 22.5. The molecule has 3 aromatic rings. The van der Waals surface area contributed by atoms with Gasteiger partial charge < -0.3 is 30.1 Å². The number of fused-ring (bicyclic) bond motifs is 1. The standard InChI is InChI=1S/C28H38N10O2S/c1-18(17-37-13-11-36(3)12-14-37)39-27-32-20(15-22(33-27)38-9-7-31-8-10-38)25-34-26(40-35-25)28(2)6-4-5-21-23(28)19(16-29)24(30)41-21/h15,18,31H,4-14,17,30H2,1-3H3/t18?,28-/m0/s1. The molecule has 218 valence electrons. The second-order valence-corrected chi connectivity index (χ2v) is 12.7. The van der Waals surface area contributed by atoms with Crippen LogP contribution in [0.5, 0.6) is 6.01 Å². The number of likely N-dealkylation sites (N-methyl/N-ethyl adjacent to an activating group) is 1. The summed E-state index contributed by atoms with van der Waals surface area (Å²) in [7, 11) is 2.16. The second-order valence-electron chi connectivity index (χ2n) is 11.5. The summed E-state index contributed by atoms with van der Waals surface area (Å²) in [6.07, 6.45) is 2.56. The molecule has 2 atom stereocenters. The van der Waals surface area contributed by atoms with Crippen LogP contribution in [0.25, 0.3) is 11.5 Å². The van der Waals surface area contributed by atoms with Crippen molar-refractivity contribution in [3.63, 3.8) is 0 Å². The lowest BCUT2D eigenvalue weighted by atomic mass is 9.72. The number of nitriles is 1. The molecule has 3 aromatic heterocycles. The van der Waals surface area contributed by atoms with E-state index in [0.29, 0.717) is 34.0 Å². The minimum atomic E-state index is -0.594. The highest BCUT2D eigenvalue weighted by Crippen LogP contribution is 2.48. The Kier molecular flexibility index (Phi) is 7.82. The summed E-state index contributed by atoms with van der Waals surface area (Å²) >= 11 is 1.49. The molecule has 3 aliphatic rings. The molecule has 12 nitrogen and oxygen atoms in total. The third-order valence-corrected chi connectivity index (χ3v) is 9.51. The Balaban J connectivity index is 1.30. The van der Waals surface area contributed by atoms with Gasteiger partial charge in [-0.2, -0.15) is 20.2 Å². The molecule has 0 spiro atoms. The zero-order chi connectivity index (χ0) is 28.6. The average molecular weight is 579 g/mol. The number of hydrogen-bond acceptors (Lipinski definition) is 13. The summed E-state index contributed by atoms with van der Waals surface area (Å²) < 4.78 is 12.2. The maximum absolute atomic E-state index is 9.86. The van der Waals surface area contributed by atoms with Crippen molar-refractivity contribution < 1.29 is 9.26 Å². The highest BCUT2D eigenvalue weighted by Gasteiger charge is 2.43. The number of rotatable bonds is 7. The predicted octanol–water partition coefficient (Wildman–Crippen LogP) is 2.11. The minimum Gasteiger partial charge on any atom is -0.459 e. The van der Waals surface area contributed by atoms with Crippen molar-refractivity contribution in [2.75, 3.05) is 76.6 Å². The van der Waals surface area contributed by atoms with Crippen LogP contribution < -0.4 is 20.7 Å². The molecule has 0 bridgehead atoms. The van der Waals surface area contributed by atoms with E-state index in [1.165, 1.54) is 11.3 Å². The van der Waals surface area contributed by atoms with Crippen molar-refractivity contribution in [1.82, 2.24) is 35.2 Å². The number of nitrogen functional groups attached to an aromatic ring is 1. The van der Waals surface area contributed by atoms with Crippen LogP contribution in [0, 0.1) is 11.3 Å². The lowest BCUT2D eigenvalue weighted by molar-refractivity contribution is 0.0965. The summed E-state index contributed by atoms with van der Waals surface area (Å²) in [5.74, 6) is 1.63. The van der Waals surface area contributed by atoms with E-state index in [4.69, 9.17) is 29.9 Å². The van der Waals surface area contributed by atoms with Crippen LogP contribution in [0.15, 0.2) is 10.6 Å². The molecule has 1 unspecified atom stereocenters. The van der Waals surface area contributed by atoms with E-state index in [9.17, 15) is 5.26 Å². The number of aryl methyl sites for hydroxylation is 1. The fourth-order valence-electron chi connectivity index (χ4n) is 6.11. The Labute approximate surface area is 244 Å². The lowest BCUT2D eigenvalue weighted by Crippen LogP contribution is -2.47. The van der Waals surface area contributed by atoms with E-state index in [0.717, 1.165) is 94.4 Å². The Morgan fingerprint density at radius 2 is 1.98 bits per heavy atom. The normalized spacial score (nSPS) is 22.7. The molecule has 3 N–H and O–H groups in total. The molecule has 2 aliphatic heterocycles. The smallest absolute Gasteiger partial charge is 0.319 e. The maximum atomic E-state index is 9.86. The van der Waals surface area contributed by atoms with Gasteiger partial charge in [-0.25, -0.2) is 0 Å². The molecule has 0 radical (unpaired) electrons. The predicted molar refractivity (Wildman–Crippen MR) is 157 cm³/mol. The van der Waals surface area contributed by atoms with Crippen LogP contribution in [0.2, 0.25) is 0 Å². The molecule has 2 fully saturated rings. The molecule has 6 rings (SSSR count). The first kappa shape index (κ1) is 27.8. The zero-order valence-electron chi connectivity index (χ0n) is 24.0. The van der Waals surface area contributed by atoms with Gasteiger partial charge >= 0.3 is 6.01 Å². The highest BCUT2D eigenvalue weighted by atomic mass is 32.1. The minimum absolute atomic E-state index is 0.0848. The number of anilines is 2. The number of aromatic nitrogens is 4. The van der Waals surface area contributed by atoms with Crippen LogP contribution in [-0.2, 0) is 11.8 Å². The van der Waals surface area contributed by atoms with Gasteiger partial charge in [0, 0.05) is 75.4 Å². The fraction of sp³-hybridized carbons (Fsp3) is 0.607. The number of thiophene rings is 1. The topological polar surface area (TPSA) is 145 Å². The third-order valence-electron chi connectivity index (χ3n) is 8.43. The highest BCUT2D eigenvalue weighted by molar-refractivity contribution is 7.16. The largest absolute Gasteiger partial charge is 0.459 e. The summed E-state index contributed by atoms with van der Waals surface area (Å²) in [6, 6.07) is 4.53. The monoisotopic (exact) mass is 578 g/mol. The zero-order valence-corrected chi connectivity index (χ0v) is 24.8. The molecule has 0 saturated carbocycles. The van der Waals surface area contributed by atoms with E-state index in [1.54, 1.807) is 0 Å². The van der Waals surface area contributed by atoms with E-state index in [-0.39, 0.29) is 6.10 Å². The lowest BCUT2D eigenvalue weighted by Gasteiger charge is -2.33. The van der Waals surface area contributed by atoms with Gasteiger partial charge in [-0.1, -0.05) is 5.16 Å². The van der Waals surface area contributed by atoms with E-state index in [1.807, 2.05) is 6.07 Å². The summed E-state index contributed by atoms with van der Waals surface area (Å²) in [6.45, 7) is 12.5. The van der Waals surface area contributed by atoms with Crippen molar-refractivity contribution in [3.8, 4) is 23.6 Å². The molecule has 0 amide bonds. The van der Waals surface area contributed by atoms with Gasteiger partial charge in [-0.15, -0.1) is 11.3 Å². The van der Waals surface area contributed by atoms with Crippen molar-refractivity contribution in [2.45, 2.75) is 44.6 Å². The van der Waals surface area contributed by atoms with Crippen molar-refractivity contribution >= 4 is 22.2 Å². The van der Waals surface area contributed by atoms with Gasteiger partial charge in [0.1, 0.15) is 28.7 Å². The first-order chi connectivity index (χ1) is 19.8.